The topological polar surface area (TPSA) is 60.7 Å². The van der Waals surface area contributed by atoms with Gasteiger partial charge in [0, 0.05) is 12.2 Å². The molecule has 2 rings (SSSR count). The summed E-state index contributed by atoms with van der Waals surface area (Å²) in [6, 6.07) is 1.79. The predicted molar refractivity (Wildman–Crippen MR) is 84.2 cm³/mol. The Hall–Kier alpha value is -1.43. The van der Waals surface area contributed by atoms with Gasteiger partial charge in [0.1, 0.15) is 11.0 Å². The van der Waals surface area contributed by atoms with Crippen LogP contribution in [0.1, 0.15) is 55.4 Å². The van der Waals surface area contributed by atoms with Crippen LogP contribution >= 0.6 is 0 Å². The molecule has 21 heavy (non-hydrogen) atoms. The van der Waals surface area contributed by atoms with E-state index in [1.54, 1.807) is 12.3 Å². The molecule has 0 aromatic carbocycles. The molecule has 116 valence electrons. The maximum Gasteiger partial charge on any atom is 0.339 e. The number of rotatable bonds is 3. The minimum absolute atomic E-state index is 0.322. The number of nitrogens with zero attached hydrogens (tertiary/aromatic N) is 2. The summed E-state index contributed by atoms with van der Waals surface area (Å²) in [7, 11) is 0.0846. The van der Waals surface area contributed by atoms with Crippen molar-refractivity contribution < 1.29 is 13.7 Å². The van der Waals surface area contributed by atoms with Gasteiger partial charge in [0.05, 0.1) is 29.3 Å². The Morgan fingerprint density at radius 3 is 2.76 bits per heavy atom. The second-order valence-corrected chi connectivity index (χ2v) is 8.06. The van der Waals surface area contributed by atoms with E-state index < -0.39 is 11.0 Å². The van der Waals surface area contributed by atoms with Crippen LogP contribution in [0.4, 0.5) is 0 Å². The van der Waals surface area contributed by atoms with Gasteiger partial charge in [-0.3, -0.25) is 0 Å². The van der Waals surface area contributed by atoms with E-state index in [9.17, 15) is 9.00 Å². The van der Waals surface area contributed by atoms with Crippen molar-refractivity contribution >= 4 is 23.2 Å². The van der Waals surface area contributed by atoms with Crippen molar-refractivity contribution in [2.45, 2.75) is 51.3 Å². The fourth-order valence-corrected chi connectivity index (χ4v) is 2.88. The molecule has 0 bridgehead atoms. The first-order valence-electron chi connectivity index (χ1n) is 7.11. The van der Waals surface area contributed by atoms with Crippen molar-refractivity contribution in [3.05, 3.63) is 23.0 Å². The molecule has 1 aromatic heterocycles. The lowest BCUT2D eigenvalue weighted by Gasteiger charge is -2.17. The average molecular weight is 310 g/mol. The Kier molecular flexibility index (Phi) is 4.66. The Morgan fingerprint density at radius 1 is 1.43 bits per heavy atom. The van der Waals surface area contributed by atoms with Gasteiger partial charge in [0.25, 0.3) is 0 Å². The summed E-state index contributed by atoms with van der Waals surface area (Å²) in [5, 5.41) is 0. The van der Waals surface area contributed by atoms with E-state index in [2.05, 4.69) is 8.96 Å². The third-order valence-electron chi connectivity index (χ3n) is 3.50. The number of hydrogen-bond donors (Lipinski definition) is 0. The fraction of sp³-hybridized carbons (Fsp3) is 0.600. The molecule has 0 aliphatic carbocycles. The van der Waals surface area contributed by atoms with Gasteiger partial charge in [-0.05, 0) is 46.1 Å². The minimum atomic E-state index is -1.30. The summed E-state index contributed by atoms with van der Waals surface area (Å²) < 4.78 is 22.7. The van der Waals surface area contributed by atoms with Crippen molar-refractivity contribution in [2.75, 3.05) is 7.11 Å². The van der Waals surface area contributed by atoms with E-state index in [1.165, 1.54) is 7.11 Å². The van der Waals surface area contributed by atoms with Crippen LogP contribution in [0.3, 0.4) is 0 Å². The highest BCUT2D eigenvalue weighted by molar-refractivity contribution is 7.85. The molecule has 0 N–H and O–H groups in total. The molecule has 5 nitrogen and oxygen atoms in total. The summed E-state index contributed by atoms with van der Waals surface area (Å²) in [5.74, 6) is -0.322. The Morgan fingerprint density at radius 2 is 2.14 bits per heavy atom. The van der Waals surface area contributed by atoms with Crippen LogP contribution in [0, 0.1) is 0 Å². The van der Waals surface area contributed by atoms with E-state index in [1.807, 2.05) is 20.8 Å². The van der Waals surface area contributed by atoms with Gasteiger partial charge >= 0.3 is 5.97 Å². The molecule has 0 amide bonds. The summed E-state index contributed by atoms with van der Waals surface area (Å²) in [5.41, 5.74) is 2.42. The maximum absolute atomic E-state index is 12.0. The number of methoxy groups -OCH3 is 1. The normalized spacial score (nSPS) is 16.8. The Labute approximate surface area is 128 Å². The van der Waals surface area contributed by atoms with E-state index in [0.717, 1.165) is 37.2 Å². The minimum Gasteiger partial charge on any atom is -0.465 e. The van der Waals surface area contributed by atoms with Crippen molar-refractivity contribution in [2.24, 2.45) is 4.40 Å². The lowest BCUT2D eigenvalue weighted by atomic mass is 10.1. The van der Waals surface area contributed by atoms with Gasteiger partial charge in [0.15, 0.2) is 0 Å². The van der Waals surface area contributed by atoms with Crippen LogP contribution in [0.5, 0.6) is 0 Å². The van der Waals surface area contributed by atoms with Gasteiger partial charge in [-0.15, -0.1) is 0 Å². The highest BCUT2D eigenvalue weighted by Gasteiger charge is 2.23. The largest absolute Gasteiger partial charge is 0.465 e. The molecule has 0 fully saturated rings. The van der Waals surface area contributed by atoms with E-state index in [0.29, 0.717) is 5.56 Å². The summed E-state index contributed by atoms with van der Waals surface area (Å²) in [6.45, 7) is 6.51. The van der Waals surface area contributed by atoms with Crippen LogP contribution in [-0.2, 0) is 28.7 Å². The predicted octanol–water partition coefficient (Wildman–Crippen LogP) is 2.49. The molecular weight excluding hydrogens is 288 g/mol. The molecular formula is C15H22N2O3S. The lowest BCUT2D eigenvalue weighted by molar-refractivity contribution is 0.0599. The number of aromatic nitrogens is 1. The lowest BCUT2D eigenvalue weighted by Crippen LogP contribution is -2.20. The highest BCUT2D eigenvalue weighted by atomic mass is 32.2. The second-order valence-electron chi connectivity index (χ2n) is 6.13. The van der Waals surface area contributed by atoms with Crippen molar-refractivity contribution in [3.63, 3.8) is 0 Å². The monoisotopic (exact) mass is 310 g/mol. The first-order valence-corrected chi connectivity index (χ1v) is 8.22. The molecule has 1 aliphatic heterocycles. The molecule has 1 atom stereocenters. The molecule has 1 unspecified atom stereocenters. The van der Waals surface area contributed by atoms with Gasteiger partial charge in [-0.1, -0.05) is 0 Å². The molecule has 2 heterocycles. The zero-order valence-electron chi connectivity index (χ0n) is 13.0. The first-order chi connectivity index (χ1) is 9.84. The molecule has 6 heteroatoms. The Balaban J connectivity index is 2.36. The van der Waals surface area contributed by atoms with Gasteiger partial charge in [-0.2, -0.15) is 4.40 Å². The number of hydrogen-bond acceptors (Lipinski definition) is 3. The molecule has 0 saturated heterocycles. The fourth-order valence-electron chi connectivity index (χ4n) is 2.36. The molecule has 0 spiro atoms. The second kappa shape index (κ2) is 6.13. The number of ether oxygens (including phenoxy) is 1. The average Bonchev–Trinajstić information content (AvgIpc) is 2.82. The molecule has 0 saturated carbocycles. The van der Waals surface area contributed by atoms with Crippen LogP contribution < -0.4 is 0 Å². The molecule has 1 aliphatic rings. The van der Waals surface area contributed by atoms with E-state index >= 15 is 0 Å². The molecule has 0 radical (unpaired) electrons. The van der Waals surface area contributed by atoms with Crippen molar-refractivity contribution in [3.8, 4) is 0 Å². The van der Waals surface area contributed by atoms with Crippen LogP contribution in [0.2, 0.25) is 0 Å². The zero-order chi connectivity index (χ0) is 15.6. The number of fused-ring (bicyclic) bond motifs is 1. The van der Waals surface area contributed by atoms with Crippen LogP contribution in [-0.4, -0.2) is 32.8 Å². The summed E-state index contributed by atoms with van der Waals surface area (Å²) >= 11 is 0. The zero-order valence-corrected chi connectivity index (χ0v) is 13.8. The number of carbonyl (C=O) groups excluding carboxylic acids is 1. The van der Waals surface area contributed by atoms with Crippen LogP contribution in [0.25, 0.3) is 0 Å². The molecule has 1 aromatic rings. The van der Waals surface area contributed by atoms with Gasteiger partial charge in [-0.25, -0.2) is 9.00 Å². The van der Waals surface area contributed by atoms with Gasteiger partial charge in [0.2, 0.25) is 0 Å². The highest BCUT2D eigenvalue weighted by Crippen LogP contribution is 2.24. The standard InChI is InChI=1S/C15H22N2O3S/c1-15(2,3)21(19)16-10-11-9-12(14(18)20-4)13-7-5-6-8-17(11)13/h9-10H,5-8H2,1-4H3. The van der Waals surface area contributed by atoms with Crippen molar-refractivity contribution in [1.29, 1.82) is 0 Å². The number of carbonyl (C=O) groups is 1. The quantitative estimate of drug-likeness (QED) is 0.636. The van der Waals surface area contributed by atoms with E-state index in [4.69, 9.17) is 4.74 Å². The Bertz CT molecular complexity index is 597. The maximum atomic E-state index is 12.0. The summed E-state index contributed by atoms with van der Waals surface area (Å²) in [4.78, 5) is 11.9. The SMILES string of the molecule is COC(=O)c1cc(C=NS(=O)C(C)(C)C)n2c1CCCC2. The third-order valence-corrected chi connectivity index (χ3v) is 4.84. The van der Waals surface area contributed by atoms with E-state index in [-0.39, 0.29) is 10.7 Å². The van der Waals surface area contributed by atoms with Gasteiger partial charge < -0.3 is 9.30 Å². The smallest absolute Gasteiger partial charge is 0.339 e. The third kappa shape index (κ3) is 3.43. The number of esters is 1. The van der Waals surface area contributed by atoms with Crippen LogP contribution in [0.15, 0.2) is 10.5 Å². The summed E-state index contributed by atoms with van der Waals surface area (Å²) in [6.07, 6.45) is 4.62. The van der Waals surface area contributed by atoms with Crippen molar-refractivity contribution in [1.82, 2.24) is 4.57 Å². The first kappa shape index (κ1) is 15.9.